The van der Waals surface area contributed by atoms with Crippen molar-refractivity contribution in [1.82, 2.24) is 5.32 Å². The minimum absolute atomic E-state index is 0.111. The van der Waals surface area contributed by atoms with Crippen LogP contribution >= 0.6 is 11.6 Å². The molecule has 0 radical (unpaired) electrons. The molecule has 0 spiro atoms. The largest absolute Gasteiger partial charge is 0.457 e. The molecule has 1 aliphatic heterocycles. The van der Waals surface area contributed by atoms with E-state index in [9.17, 15) is 13.6 Å². The van der Waals surface area contributed by atoms with Gasteiger partial charge in [0.15, 0.2) is 0 Å². The number of amides is 1. The Kier molecular flexibility index (Phi) is 6.49. The third-order valence-electron chi connectivity index (χ3n) is 5.23. The molecule has 1 fully saturated rings. The van der Waals surface area contributed by atoms with Crippen LogP contribution < -0.4 is 15.4 Å². The van der Waals surface area contributed by atoms with Crippen LogP contribution in [0, 0.1) is 17.6 Å². The van der Waals surface area contributed by atoms with E-state index in [1.807, 2.05) is 0 Å². The van der Waals surface area contributed by atoms with Crippen molar-refractivity contribution in [3.63, 3.8) is 0 Å². The van der Waals surface area contributed by atoms with Crippen molar-refractivity contribution in [2.45, 2.75) is 18.9 Å². The molecule has 1 heterocycles. The third kappa shape index (κ3) is 5.60. The lowest BCUT2D eigenvalue weighted by Crippen LogP contribution is -2.35. The molecule has 31 heavy (non-hydrogen) atoms. The molecule has 160 valence electrons. The van der Waals surface area contributed by atoms with Crippen molar-refractivity contribution in [2.75, 3.05) is 11.9 Å². The Morgan fingerprint density at radius 2 is 1.65 bits per heavy atom. The van der Waals surface area contributed by atoms with E-state index in [0.29, 0.717) is 41.6 Å². The van der Waals surface area contributed by atoms with Gasteiger partial charge in [-0.3, -0.25) is 4.79 Å². The first-order valence-corrected chi connectivity index (χ1v) is 10.4. The highest BCUT2D eigenvalue weighted by atomic mass is 35.5. The summed E-state index contributed by atoms with van der Waals surface area (Å²) in [4.78, 5) is 12.6. The molecule has 0 unspecified atom stereocenters. The Morgan fingerprint density at radius 3 is 2.32 bits per heavy atom. The van der Waals surface area contributed by atoms with Crippen molar-refractivity contribution in [3.8, 4) is 11.5 Å². The number of anilines is 1. The van der Waals surface area contributed by atoms with Gasteiger partial charge in [0.25, 0.3) is 0 Å². The third-order valence-corrected chi connectivity index (χ3v) is 5.59. The number of hydrogen-bond acceptors (Lipinski definition) is 3. The van der Waals surface area contributed by atoms with Gasteiger partial charge in [-0.05, 0) is 91.5 Å². The maximum Gasteiger partial charge on any atom is 0.241 e. The summed E-state index contributed by atoms with van der Waals surface area (Å²) in [5.41, 5.74) is 1.54. The predicted octanol–water partition coefficient (Wildman–Crippen LogP) is 5.57. The summed E-state index contributed by atoms with van der Waals surface area (Å²) in [6.45, 7) is 0.691. The number of hydrogen-bond donors (Lipinski definition) is 2. The molecule has 4 nitrogen and oxygen atoms in total. The molecule has 7 heteroatoms. The lowest BCUT2D eigenvalue weighted by molar-refractivity contribution is -0.117. The van der Waals surface area contributed by atoms with Crippen LogP contribution in [0.25, 0.3) is 0 Å². The van der Waals surface area contributed by atoms with Gasteiger partial charge in [-0.1, -0.05) is 17.7 Å². The first-order chi connectivity index (χ1) is 15.0. The molecule has 1 saturated heterocycles. The van der Waals surface area contributed by atoms with Gasteiger partial charge < -0.3 is 15.4 Å². The molecule has 3 aromatic carbocycles. The molecule has 0 saturated carbocycles. The van der Waals surface area contributed by atoms with Gasteiger partial charge in [-0.15, -0.1) is 0 Å². The predicted molar refractivity (Wildman–Crippen MR) is 117 cm³/mol. The van der Waals surface area contributed by atoms with E-state index in [1.165, 1.54) is 24.3 Å². The number of ether oxygens (including phenoxy) is 1. The lowest BCUT2D eigenvalue weighted by Gasteiger charge is -2.13. The van der Waals surface area contributed by atoms with Crippen molar-refractivity contribution < 1.29 is 18.3 Å². The Balaban J connectivity index is 1.29. The fraction of sp³-hybridized carbons (Fsp3) is 0.208. The SMILES string of the molecule is O=C(Nc1ccc(Oc2ccc(F)cc2)cc1)[C@@H]1C[C@@H](Cc2ccc(F)cc2Cl)CN1. The van der Waals surface area contributed by atoms with Gasteiger partial charge >= 0.3 is 0 Å². The number of carbonyl (C=O) groups is 1. The smallest absolute Gasteiger partial charge is 0.241 e. The molecule has 0 bridgehead atoms. The first-order valence-electron chi connectivity index (χ1n) is 9.98. The second-order valence-corrected chi connectivity index (χ2v) is 7.98. The highest BCUT2D eigenvalue weighted by molar-refractivity contribution is 6.31. The van der Waals surface area contributed by atoms with Gasteiger partial charge in [0.1, 0.15) is 23.1 Å². The van der Waals surface area contributed by atoms with Crippen molar-refractivity contribution in [1.29, 1.82) is 0 Å². The molecule has 0 aliphatic carbocycles. The first kappa shape index (κ1) is 21.3. The quantitative estimate of drug-likeness (QED) is 0.524. The zero-order valence-electron chi connectivity index (χ0n) is 16.6. The molecular weight excluding hydrogens is 422 g/mol. The molecule has 1 aliphatic rings. The maximum absolute atomic E-state index is 13.2. The van der Waals surface area contributed by atoms with Crippen LogP contribution in [-0.4, -0.2) is 18.5 Å². The summed E-state index contributed by atoms with van der Waals surface area (Å²) in [5.74, 6) is 0.559. The number of nitrogens with one attached hydrogen (secondary N) is 2. The minimum Gasteiger partial charge on any atom is -0.457 e. The fourth-order valence-electron chi connectivity index (χ4n) is 3.64. The summed E-state index contributed by atoms with van der Waals surface area (Å²) >= 11 is 6.12. The van der Waals surface area contributed by atoms with E-state index < -0.39 is 0 Å². The van der Waals surface area contributed by atoms with Crippen LogP contribution in [0.1, 0.15) is 12.0 Å². The van der Waals surface area contributed by atoms with Gasteiger partial charge in [0, 0.05) is 10.7 Å². The maximum atomic E-state index is 13.2. The Labute approximate surface area is 184 Å². The van der Waals surface area contributed by atoms with E-state index in [2.05, 4.69) is 10.6 Å². The number of rotatable bonds is 6. The number of halogens is 3. The molecule has 2 atom stereocenters. The topological polar surface area (TPSA) is 50.4 Å². The Hall–Kier alpha value is -2.96. The molecule has 0 aromatic heterocycles. The second-order valence-electron chi connectivity index (χ2n) is 7.57. The second kappa shape index (κ2) is 9.45. The highest BCUT2D eigenvalue weighted by Crippen LogP contribution is 2.26. The van der Waals surface area contributed by atoms with Crippen LogP contribution in [0.2, 0.25) is 5.02 Å². The molecule has 1 amide bonds. The van der Waals surface area contributed by atoms with Crippen LogP contribution in [0.4, 0.5) is 14.5 Å². The number of benzene rings is 3. The minimum atomic E-state index is -0.357. The Morgan fingerprint density at radius 1 is 1.00 bits per heavy atom. The van der Waals surface area contributed by atoms with Gasteiger partial charge in [-0.2, -0.15) is 0 Å². The molecular formula is C24H21ClF2N2O2. The van der Waals surface area contributed by atoms with Gasteiger partial charge in [0.05, 0.1) is 6.04 Å². The van der Waals surface area contributed by atoms with Gasteiger partial charge in [0.2, 0.25) is 5.91 Å². The average molecular weight is 443 g/mol. The van der Waals surface area contributed by atoms with Crippen LogP contribution in [-0.2, 0) is 11.2 Å². The zero-order valence-corrected chi connectivity index (χ0v) is 17.3. The average Bonchev–Trinajstić information content (AvgIpc) is 3.22. The normalized spacial score (nSPS) is 18.0. The Bertz CT molecular complexity index is 1060. The van der Waals surface area contributed by atoms with E-state index in [1.54, 1.807) is 42.5 Å². The molecule has 4 rings (SSSR count). The van der Waals surface area contributed by atoms with Crippen LogP contribution in [0.15, 0.2) is 66.7 Å². The van der Waals surface area contributed by atoms with E-state index in [-0.39, 0.29) is 29.5 Å². The summed E-state index contributed by atoms with van der Waals surface area (Å²) in [6, 6.07) is 16.8. The monoisotopic (exact) mass is 442 g/mol. The summed E-state index contributed by atoms with van der Waals surface area (Å²) in [6.07, 6.45) is 1.36. The summed E-state index contributed by atoms with van der Waals surface area (Å²) in [5, 5.41) is 6.56. The molecule has 2 N–H and O–H groups in total. The highest BCUT2D eigenvalue weighted by Gasteiger charge is 2.29. The van der Waals surface area contributed by atoms with E-state index in [0.717, 1.165) is 5.56 Å². The zero-order chi connectivity index (χ0) is 21.8. The summed E-state index contributed by atoms with van der Waals surface area (Å²) < 4.78 is 31.8. The van der Waals surface area contributed by atoms with Gasteiger partial charge in [-0.25, -0.2) is 8.78 Å². The van der Waals surface area contributed by atoms with Crippen LogP contribution in [0.3, 0.4) is 0 Å². The van der Waals surface area contributed by atoms with Crippen molar-refractivity contribution >= 4 is 23.2 Å². The van der Waals surface area contributed by atoms with Crippen molar-refractivity contribution in [2.24, 2.45) is 5.92 Å². The standard InChI is InChI=1S/C24H21ClF2N2O2/c25-22-13-18(27)2-1-16(22)11-15-12-23(28-14-15)24(30)29-19-5-9-21(10-6-19)31-20-7-3-17(26)4-8-20/h1-10,13,15,23,28H,11-12,14H2,(H,29,30)/t15-,23+/m1/s1. The van der Waals surface area contributed by atoms with Crippen LogP contribution in [0.5, 0.6) is 11.5 Å². The van der Waals surface area contributed by atoms with E-state index >= 15 is 0 Å². The van der Waals surface area contributed by atoms with Crippen molar-refractivity contribution in [3.05, 3.63) is 89.0 Å². The summed E-state index contributed by atoms with van der Waals surface area (Å²) in [7, 11) is 0. The van der Waals surface area contributed by atoms with E-state index in [4.69, 9.17) is 16.3 Å². The fourth-order valence-corrected chi connectivity index (χ4v) is 3.88. The molecule has 3 aromatic rings. The number of carbonyl (C=O) groups excluding carboxylic acids is 1. The lowest BCUT2D eigenvalue weighted by atomic mass is 9.96.